The van der Waals surface area contributed by atoms with E-state index in [1.54, 1.807) is 22.8 Å². The second kappa shape index (κ2) is 6.69. The lowest BCUT2D eigenvalue weighted by Gasteiger charge is -2.23. The van der Waals surface area contributed by atoms with Gasteiger partial charge in [0.2, 0.25) is 0 Å². The van der Waals surface area contributed by atoms with Gasteiger partial charge in [0, 0.05) is 28.2 Å². The molecule has 0 bridgehead atoms. The third kappa shape index (κ3) is 3.07. The molecule has 28 heavy (non-hydrogen) atoms. The maximum absolute atomic E-state index is 12.8. The van der Waals surface area contributed by atoms with Gasteiger partial charge in [-0.05, 0) is 54.3 Å². The summed E-state index contributed by atoms with van der Waals surface area (Å²) in [4.78, 5) is 21.9. The largest absolute Gasteiger partial charge is 0.294 e. The van der Waals surface area contributed by atoms with E-state index < -0.39 is 0 Å². The molecule has 0 saturated heterocycles. The van der Waals surface area contributed by atoms with Crippen LogP contribution in [0, 0.1) is 0 Å². The summed E-state index contributed by atoms with van der Waals surface area (Å²) in [5, 5.41) is 5.81. The molecule has 2 aromatic heterocycles. The van der Waals surface area contributed by atoms with Gasteiger partial charge in [-0.1, -0.05) is 35.3 Å². The zero-order valence-electron chi connectivity index (χ0n) is 14.6. The average molecular weight is 409 g/mol. The molecular weight excluding hydrogens is 395 g/mol. The Morgan fingerprint density at radius 3 is 2.29 bits per heavy atom. The Morgan fingerprint density at radius 2 is 1.57 bits per heavy atom. The van der Waals surface area contributed by atoms with Crippen molar-refractivity contribution in [2.24, 2.45) is 0 Å². The predicted molar refractivity (Wildman–Crippen MR) is 108 cm³/mol. The highest BCUT2D eigenvalue weighted by atomic mass is 35.5. The fourth-order valence-corrected chi connectivity index (χ4v) is 3.83. The first-order valence-electron chi connectivity index (χ1n) is 8.88. The molecule has 5 rings (SSSR count). The zero-order valence-corrected chi connectivity index (χ0v) is 16.2. The molecule has 5 nitrogen and oxygen atoms in total. The number of hydrogen-bond acceptors (Lipinski definition) is 4. The van der Waals surface area contributed by atoms with Crippen LogP contribution in [-0.2, 0) is 6.42 Å². The van der Waals surface area contributed by atoms with Gasteiger partial charge >= 0.3 is 0 Å². The van der Waals surface area contributed by atoms with Crippen LogP contribution in [0.2, 0.25) is 10.0 Å². The van der Waals surface area contributed by atoms with Gasteiger partial charge in [0.15, 0.2) is 11.6 Å². The minimum atomic E-state index is 0.0687. The highest BCUT2D eigenvalue weighted by molar-refractivity contribution is 6.30. The Morgan fingerprint density at radius 1 is 0.893 bits per heavy atom. The van der Waals surface area contributed by atoms with E-state index >= 15 is 0 Å². The number of carbonyl (C=O) groups excluding carboxylic acids is 1. The van der Waals surface area contributed by atoms with E-state index in [-0.39, 0.29) is 11.7 Å². The van der Waals surface area contributed by atoms with Gasteiger partial charge in [-0.3, -0.25) is 4.79 Å². The number of halogens is 2. The van der Waals surface area contributed by atoms with Crippen molar-refractivity contribution in [2.75, 3.05) is 0 Å². The molecule has 2 aromatic carbocycles. The van der Waals surface area contributed by atoms with Crippen molar-refractivity contribution in [1.29, 1.82) is 0 Å². The van der Waals surface area contributed by atoms with Crippen LogP contribution in [0.3, 0.4) is 0 Å². The van der Waals surface area contributed by atoms with Crippen LogP contribution in [-0.4, -0.2) is 25.4 Å². The number of fused-ring (bicyclic) bond motifs is 2. The summed E-state index contributed by atoms with van der Waals surface area (Å²) in [6.45, 7) is 0. The lowest BCUT2D eigenvalue weighted by atomic mass is 9.82. The van der Waals surface area contributed by atoms with Crippen LogP contribution in [0.5, 0.6) is 0 Å². The van der Waals surface area contributed by atoms with E-state index in [1.165, 1.54) is 0 Å². The van der Waals surface area contributed by atoms with Crippen LogP contribution < -0.4 is 0 Å². The van der Waals surface area contributed by atoms with Crippen molar-refractivity contribution in [3.63, 3.8) is 0 Å². The number of Topliss-reactive ketones (excluding diaryl/α,β-unsaturated/α-hetero) is 1. The lowest BCUT2D eigenvalue weighted by molar-refractivity contribution is 0.0962. The minimum Gasteiger partial charge on any atom is -0.294 e. The van der Waals surface area contributed by atoms with E-state index in [4.69, 9.17) is 23.2 Å². The molecule has 1 aliphatic carbocycles. The highest BCUT2D eigenvalue weighted by Crippen LogP contribution is 2.32. The first kappa shape index (κ1) is 17.3. The first-order valence-corrected chi connectivity index (χ1v) is 9.63. The zero-order chi connectivity index (χ0) is 19.3. The Balaban J connectivity index is 1.53. The number of ketones is 1. The monoisotopic (exact) mass is 408 g/mol. The van der Waals surface area contributed by atoms with Gasteiger partial charge in [0.05, 0.1) is 11.3 Å². The number of carbonyl (C=O) groups is 1. The summed E-state index contributed by atoms with van der Waals surface area (Å²) in [7, 11) is 0. The van der Waals surface area contributed by atoms with Crippen LogP contribution >= 0.6 is 23.2 Å². The first-order chi connectivity index (χ1) is 13.6. The summed E-state index contributed by atoms with van der Waals surface area (Å²) in [5.41, 5.74) is 3.32. The molecule has 2 heterocycles. The van der Waals surface area contributed by atoms with Crippen LogP contribution in [0.15, 0.2) is 54.7 Å². The predicted octanol–water partition coefficient (Wildman–Crippen LogP) is 5.01. The Kier molecular flexibility index (Phi) is 4.14. The number of hydrogen-bond donors (Lipinski definition) is 0. The molecule has 0 spiro atoms. The van der Waals surface area contributed by atoms with E-state index in [1.807, 2.05) is 36.4 Å². The Labute approximate surface area is 171 Å². The van der Waals surface area contributed by atoms with Crippen LogP contribution in [0.1, 0.15) is 34.0 Å². The standard InChI is InChI=1S/C21H14Cl2N4O/c22-15-5-1-12(2-6-15)14-9-18-17(19(28)10-14)11-27-21(24-18)25-20(26-27)13-3-7-16(23)8-4-13/h1-8,11,14H,9-10H2/t14-/m1/s1. The second-order valence-electron chi connectivity index (χ2n) is 6.87. The molecular formula is C21H14Cl2N4O. The molecule has 7 heteroatoms. The van der Waals surface area contributed by atoms with Gasteiger partial charge in [-0.2, -0.15) is 4.98 Å². The molecule has 1 aliphatic rings. The second-order valence-corrected chi connectivity index (χ2v) is 7.74. The van der Waals surface area contributed by atoms with Gasteiger partial charge < -0.3 is 0 Å². The minimum absolute atomic E-state index is 0.0687. The van der Waals surface area contributed by atoms with Crippen molar-refractivity contribution >= 4 is 34.8 Å². The smallest absolute Gasteiger partial charge is 0.252 e. The molecule has 0 unspecified atom stereocenters. The molecule has 0 amide bonds. The normalized spacial score (nSPS) is 16.4. The fourth-order valence-electron chi connectivity index (χ4n) is 3.58. The maximum Gasteiger partial charge on any atom is 0.252 e. The van der Waals surface area contributed by atoms with Crippen molar-refractivity contribution in [2.45, 2.75) is 18.8 Å². The number of rotatable bonds is 2. The van der Waals surface area contributed by atoms with Crippen molar-refractivity contribution < 1.29 is 4.79 Å². The van der Waals surface area contributed by atoms with Crippen LogP contribution in [0.4, 0.5) is 0 Å². The van der Waals surface area contributed by atoms with E-state index in [0.29, 0.717) is 40.1 Å². The molecule has 0 saturated carbocycles. The third-order valence-electron chi connectivity index (χ3n) is 5.03. The topological polar surface area (TPSA) is 60.2 Å². The molecule has 0 aliphatic heterocycles. The Bertz CT molecular complexity index is 1200. The van der Waals surface area contributed by atoms with Crippen molar-refractivity contribution in [3.8, 4) is 11.4 Å². The molecule has 0 N–H and O–H groups in total. The van der Waals surface area contributed by atoms with Gasteiger partial charge in [0.25, 0.3) is 5.78 Å². The highest BCUT2D eigenvalue weighted by Gasteiger charge is 2.28. The van der Waals surface area contributed by atoms with Gasteiger partial charge in [-0.15, -0.1) is 5.10 Å². The van der Waals surface area contributed by atoms with Gasteiger partial charge in [-0.25, -0.2) is 9.50 Å². The van der Waals surface area contributed by atoms with E-state index in [9.17, 15) is 4.79 Å². The molecule has 1 atom stereocenters. The fraction of sp³-hybridized carbons (Fsp3) is 0.143. The maximum atomic E-state index is 12.8. The van der Waals surface area contributed by atoms with Crippen molar-refractivity contribution in [3.05, 3.63) is 81.6 Å². The number of nitrogens with zero attached hydrogens (tertiary/aromatic N) is 4. The quantitative estimate of drug-likeness (QED) is 0.467. The lowest BCUT2D eigenvalue weighted by Crippen LogP contribution is -2.21. The summed E-state index contributed by atoms with van der Waals surface area (Å²) < 4.78 is 1.57. The molecule has 0 fully saturated rings. The van der Waals surface area contributed by atoms with Crippen molar-refractivity contribution in [1.82, 2.24) is 19.6 Å². The SMILES string of the molecule is O=C1C[C@H](c2ccc(Cl)cc2)Cc2nc3nc(-c4ccc(Cl)cc4)nn3cc21. The summed E-state index contributed by atoms with van der Waals surface area (Å²) in [5.74, 6) is 1.19. The Hall–Kier alpha value is -2.76. The summed E-state index contributed by atoms with van der Waals surface area (Å²) in [6.07, 6.45) is 2.87. The molecule has 4 aromatic rings. The summed E-state index contributed by atoms with van der Waals surface area (Å²) >= 11 is 11.9. The number of aromatic nitrogens is 4. The van der Waals surface area contributed by atoms with E-state index in [2.05, 4.69) is 15.1 Å². The summed E-state index contributed by atoms with van der Waals surface area (Å²) in [6, 6.07) is 15.0. The third-order valence-corrected chi connectivity index (χ3v) is 5.53. The average Bonchev–Trinajstić information content (AvgIpc) is 3.10. The van der Waals surface area contributed by atoms with Crippen LogP contribution in [0.25, 0.3) is 17.2 Å². The number of benzene rings is 2. The molecule has 138 valence electrons. The molecule has 0 radical (unpaired) electrons. The van der Waals surface area contributed by atoms with Gasteiger partial charge in [0.1, 0.15) is 0 Å². The van der Waals surface area contributed by atoms with E-state index in [0.717, 1.165) is 16.8 Å².